The van der Waals surface area contributed by atoms with E-state index in [0.29, 0.717) is 38.1 Å². The number of likely N-dealkylation sites (N-methyl/N-ethyl adjacent to an activating group) is 1. The molecule has 3 aromatic carbocycles. The monoisotopic (exact) mass is 987 g/mol. The van der Waals surface area contributed by atoms with Gasteiger partial charge in [0.05, 0.1) is 51.2 Å². The van der Waals surface area contributed by atoms with E-state index >= 15 is 4.39 Å². The number of hydrogen-bond acceptors (Lipinski definition) is 11. The third-order valence-electron chi connectivity index (χ3n) is 12.2. The van der Waals surface area contributed by atoms with Crippen molar-refractivity contribution < 1.29 is 46.6 Å². The number of hydrogen-bond donors (Lipinski definition) is 6. The van der Waals surface area contributed by atoms with Crippen molar-refractivity contribution in [1.29, 1.82) is 0 Å². The van der Waals surface area contributed by atoms with Crippen LogP contribution in [0.1, 0.15) is 64.7 Å². The van der Waals surface area contributed by atoms with Crippen molar-refractivity contribution >= 4 is 52.2 Å². The summed E-state index contributed by atoms with van der Waals surface area (Å²) in [4.78, 5) is 92.6. The maximum absolute atomic E-state index is 15.6. The van der Waals surface area contributed by atoms with Gasteiger partial charge in [0.1, 0.15) is 17.9 Å². The van der Waals surface area contributed by atoms with Gasteiger partial charge in [-0.25, -0.2) is 9.37 Å². The van der Waals surface area contributed by atoms with Gasteiger partial charge in [0, 0.05) is 69.1 Å². The number of aromatic nitrogens is 2. The van der Waals surface area contributed by atoms with Gasteiger partial charge in [-0.1, -0.05) is 51.1 Å². The lowest BCUT2D eigenvalue weighted by atomic mass is 9.85. The fourth-order valence-electron chi connectivity index (χ4n) is 8.35. The molecule has 0 saturated carbocycles. The molecule has 0 unspecified atom stereocenters. The quantitative estimate of drug-likeness (QED) is 0.0853. The number of pyridine rings is 1. The van der Waals surface area contributed by atoms with Crippen molar-refractivity contribution in [3.63, 3.8) is 0 Å². The molecule has 5 amide bonds. The van der Waals surface area contributed by atoms with Crippen LogP contribution in [0.2, 0.25) is 0 Å². The normalized spacial score (nSPS) is 16.9. The fraction of sp³-hybridized carbons (Fsp3) is 0.367. The lowest BCUT2D eigenvalue weighted by Gasteiger charge is -2.35. The van der Waals surface area contributed by atoms with E-state index in [0.717, 1.165) is 27.8 Å². The molecule has 5 aromatic rings. The number of halogens is 4. The molecule has 0 bridgehead atoms. The number of nitrogens with zero attached hydrogens (tertiary/aromatic N) is 4. The Morgan fingerprint density at radius 1 is 0.914 bits per heavy atom. The Kier molecular flexibility index (Phi) is 15.2. The van der Waals surface area contributed by atoms with E-state index in [1.54, 1.807) is 38.4 Å². The molecule has 3 atom stereocenters. The van der Waals surface area contributed by atoms with E-state index in [2.05, 4.69) is 36.1 Å². The number of aromatic amines is 1. The molecule has 2 aliphatic rings. The van der Waals surface area contributed by atoms with Crippen LogP contribution < -0.4 is 31.7 Å². The SMILES string of the molecule is Cc1ncsc1-c1ccc(CNC(=O)[C@@H]2C[C@@H](O)CN2C(=O)[C@@H](NC(=O)CNC(=O)c2ccc(F)c(-c3ccc(N4CCN(C)CC4)c(NC(=O)c4c[nH]c(=O)cc4C(F)(F)F)c3)c2)C(C)(C)C)cc1. The van der Waals surface area contributed by atoms with Crippen LogP contribution in [0.4, 0.5) is 28.9 Å². The summed E-state index contributed by atoms with van der Waals surface area (Å²) >= 11 is 1.53. The summed E-state index contributed by atoms with van der Waals surface area (Å²) in [6.45, 7) is 8.75. The number of H-pyrrole nitrogens is 1. The van der Waals surface area contributed by atoms with Crippen molar-refractivity contribution in [1.82, 2.24) is 35.7 Å². The summed E-state index contributed by atoms with van der Waals surface area (Å²) in [5, 5.41) is 21.2. The van der Waals surface area contributed by atoms with Gasteiger partial charge in [-0.3, -0.25) is 28.8 Å². The fourth-order valence-corrected chi connectivity index (χ4v) is 9.16. The zero-order valence-corrected chi connectivity index (χ0v) is 39.8. The number of nitrogens with one attached hydrogen (secondary N) is 5. The Hall–Kier alpha value is -6.97. The van der Waals surface area contributed by atoms with E-state index in [-0.39, 0.29) is 48.0 Å². The first kappa shape index (κ1) is 50.9. The standard InChI is InChI=1S/C49H53F4N9O7S/c1-27-42(70-26-57-27)29-8-6-28(7-9-29)22-55-46(68)39-20-32(63)25-62(39)47(69)43(48(2,3)4)59-41(65)24-56-44(66)31-10-12-36(50)33(18-31)30-11-13-38(61-16-14-60(5)15-17-61)37(19-30)58-45(67)34-23-54-40(64)21-35(34)49(51,52)53/h6-13,18-19,21,23,26,32,39,43,63H,14-17,20,22,24-25H2,1-5H3,(H,54,64)(H,55,68)(H,56,66)(H,58,67)(H,59,65)/t32-,39+,43-/m1/s1. The summed E-state index contributed by atoms with van der Waals surface area (Å²) < 4.78 is 57.4. The third kappa shape index (κ3) is 11.9. The number of anilines is 2. The summed E-state index contributed by atoms with van der Waals surface area (Å²) in [6.07, 6.45) is -5.37. The van der Waals surface area contributed by atoms with Gasteiger partial charge in [0.2, 0.25) is 23.3 Å². The van der Waals surface area contributed by atoms with Gasteiger partial charge in [0.25, 0.3) is 11.8 Å². The Morgan fingerprint density at radius 2 is 1.61 bits per heavy atom. The number of amides is 5. The summed E-state index contributed by atoms with van der Waals surface area (Å²) in [5.74, 6) is -4.58. The largest absolute Gasteiger partial charge is 0.417 e. The Balaban J connectivity index is 1.03. The second kappa shape index (κ2) is 20.9. The first-order chi connectivity index (χ1) is 33.1. The second-order valence-electron chi connectivity index (χ2n) is 18.4. The van der Waals surface area contributed by atoms with Crippen LogP contribution in [0.25, 0.3) is 21.6 Å². The average Bonchev–Trinajstić information content (AvgIpc) is 3.93. The maximum Gasteiger partial charge on any atom is 0.417 e. The number of carbonyl (C=O) groups excluding carboxylic acids is 5. The molecule has 370 valence electrons. The highest BCUT2D eigenvalue weighted by molar-refractivity contribution is 7.13. The van der Waals surface area contributed by atoms with Crippen LogP contribution in [0.3, 0.4) is 0 Å². The van der Waals surface area contributed by atoms with Crippen molar-refractivity contribution in [2.24, 2.45) is 5.41 Å². The highest BCUT2D eigenvalue weighted by Gasteiger charge is 2.44. The number of aliphatic hydroxyl groups is 1. The van der Waals surface area contributed by atoms with E-state index < -0.39 is 88.4 Å². The van der Waals surface area contributed by atoms with Crippen molar-refractivity contribution in [3.05, 3.63) is 123 Å². The van der Waals surface area contributed by atoms with Crippen LogP contribution in [0, 0.1) is 18.2 Å². The minimum Gasteiger partial charge on any atom is -0.391 e. The number of benzene rings is 3. The number of piperazine rings is 1. The molecule has 4 heterocycles. The van der Waals surface area contributed by atoms with Gasteiger partial charge < -0.3 is 46.1 Å². The molecular weight excluding hydrogens is 935 g/mol. The topological polar surface area (TPSA) is 209 Å². The molecule has 0 radical (unpaired) electrons. The number of thiazole rings is 1. The predicted molar refractivity (Wildman–Crippen MR) is 256 cm³/mol. The number of alkyl halides is 3. The molecule has 6 N–H and O–H groups in total. The van der Waals surface area contributed by atoms with Gasteiger partial charge in [-0.2, -0.15) is 13.2 Å². The summed E-state index contributed by atoms with van der Waals surface area (Å²) in [6, 6.07) is 13.6. The van der Waals surface area contributed by atoms with Gasteiger partial charge in [-0.15, -0.1) is 11.3 Å². The molecule has 2 fully saturated rings. The van der Waals surface area contributed by atoms with Crippen molar-refractivity contribution in [3.8, 4) is 21.6 Å². The lowest BCUT2D eigenvalue weighted by molar-refractivity contribution is -0.143. The van der Waals surface area contributed by atoms with Crippen LogP contribution in [-0.4, -0.2) is 119 Å². The summed E-state index contributed by atoms with van der Waals surface area (Å²) in [5.41, 5.74) is 0.718. The molecule has 2 aromatic heterocycles. The number of likely N-dealkylation sites (tertiary alicyclic amines) is 1. The van der Waals surface area contributed by atoms with Crippen LogP contribution >= 0.6 is 11.3 Å². The maximum atomic E-state index is 15.6. The minimum absolute atomic E-state index is 0.0163. The second-order valence-corrected chi connectivity index (χ2v) is 19.3. The molecule has 7 rings (SSSR count). The smallest absolute Gasteiger partial charge is 0.391 e. The van der Waals surface area contributed by atoms with E-state index in [1.807, 2.05) is 43.1 Å². The molecule has 2 saturated heterocycles. The predicted octanol–water partition coefficient (Wildman–Crippen LogP) is 5.17. The van der Waals surface area contributed by atoms with Gasteiger partial charge in [0.15, 0.2) is 0 Å². The van der Waals surface area contributed by atoms with E-state index in [1.165, 1.54) is 34.4 Å². The third-order valence-corrected chi connectivity index (χ3v) is 13.2. The first-order valence-corrected chi connectivity index (χ1v) is 23.3. The van der Waals surface area contributed by atoms with E-state index in [9.17, 15) is 47.0 Å². The Bertz CT molecular complexity index is 2840. The number of carbonyl (C=O) groups is 5. The number of rotatable bonds is 13. The highest BCUT2D eigenvalue weighted by Crippen LogP contribution is 2.36. The molecule has 0 aliphatic carbocycles. The zero-order chi connectivity index (χ0) is 50.7. The molecule has 70 heavy (non-hydrogen) atoms. The number of aryl methyl sites for hydroxylation is 1. The number of β-amino-alcohol motifs (C(OH)–C–C–N with tert-alkyl or cyclic N) is 1. The highest BCUT2D eigenvalue weighted by atomic mass is 32.1. The molecular formula is C49H53F4N9O7S. The van der Waals surface area contributed by atoms with Crippen molar-refractivity contribution in [2.75, 3.05) is 56.5 Å². The Labute approximate surface area is 404 Å². The first-order valence-electron chi connectivity index (χ1n) is 22.4. The molecule has 21 heteroatoms. The number of aliphatic hydroxyl groups excluding tert-OH is 1. The molecule has 16 nitrogen and oxygen atoms in total. The van der Waals surface area contributed by atoms with Crippen LogP contribution in [0.15, 0.2) is 83.2 Å². The molecule has 0 spiro atoms. The lowest BCUT2D eigenvalue weighted by Crippen LogP contribution is -2.58. The van der Waals surface area contributed by atoms with Gasteiger partial charge >= 0.3 is 6.18 Å². The average molecular weight is 988 g/mol. The van der Waals surface area contributed by atoms with Crippen molar-refractivity contribution in [2.45, 2.75) is 65.0 Å². The van der Waals surface area contributed by atoms with E-state index in [4.69, 9.17) is 0 Å². The van der Waals surface area contributed by atoms with Crippen LogP contribution in [0.5, 0.6) is 0 Å². The Morgan fingerprint density at radius 3 is 2.27 bits per heavy atom. The minimum atomic E-state index is -5.03. The summed E-state index contributed by atoms with van der Waals surface area (Å²) in [7, 11) is 1.93. The zero-order valence-electron chi connectivity index (χ0n) is 39.0. The van der Waals surface area contributed by atoms with Crippen LogP contribution in [-0.2, 0) is 27.1 Å². The van der Waals surface area contributed by atoms with Gasteiger partial charge in [-0.05, 0) is 66.4 Å². The molecule has 2 aliphatic heterocycles.